The summed E-state index contributed by atoms with van der Waals surface area (Å²) in [6.07, 6.45) is 0.840. The van der Waals surface area contributed by atoms with Gasteiger partial charge in [0.1, 0.15) is 5.82 Å². The van der Waals surface area contributed by atoms with Gasteiger partial charge < -0.3 is 5.73 Å². The highest BCUT2D eigenvalue weighted by atomic mass is 79.9. The molecule has 0 saturated carbocycles. The number of benzene rings is 1. The van der Waals surface area contributed by atoms with E-state index in [0.29, 0.717) is 11.5 Å². The summed E-state index contributed by atoms with van der Waals surface area (Å²) >= 11 is 3.45. The Morgan fingerprint density at radius 3 is 2.93 bits per heavy atom. The van der Waals surface area contributed by atoms with Crippen LogP contribution in [0.3, 0.4) is 0 Å². The van der Waals surface area contributed by atoms with E-state index in [1.165, 1.54) is 0 Å². The number of anilines is 1. The second-order valence-corrected chi connectivity index (χ2v) is 4.05. The van der Waals surface area contributed by atoms with Crippen molar-refractivity contribution in [3.05, 3.63) is 28.5 Å². The number of nitrogens with two attached hydrogens (primary N) is 1. The second kappa shape index (κ2) is 4.02. The van der Waals surface area contributed by atoms with Crippen LogP contribution >= 0.6 is 15.9 Å². The lowest BCUT2D eigenvalue weighted by Gasteiger charge is -2.00. The maximum Gasteiger partial charge on any atom is 0.182 e. The Morgan fingerprint density at radius 2 is 2.27 bits per heavy atom. The smallest absolute Gasteiger partial charge is 0.182 e. The first-order valence-electron chi connectivity index (χ1n) is 4.67. The predicted octanol–water partition coefficient (Wildman–Crippen LogP) is 2.38. The average molecular weight is 267 g/mol. The summed E-state index contributed by atoms with van der Waals surface area (Å²) in [6.45, 7) is 2.03. The number of aromatic nitrogens is 3. The van der Waals surface area contributed by atoms with Crippen LogP contribution in [-0.4, -0.2) is 15.2 Å². The summed E-state index contributed by atoms with van der Waals surface area (Å²) in [6, 6.07) is 5.58. The van der Waals surface area contributed by atoms with Gasteiger partial charge in [-0.05, 0) is 18.2 Å². The van der Waals surface area contributed by atoms with Crippen molar-refractivity contribution in [1.82, 2.24) is 15.2 Å². The van der Waals surface area contributed by atoms with E-state index in [0.717, 1.165) is 22.3 Å². The molecular formula is C10H11BrN4. The Morgan fingerprint density at radius 1 is 1.47 bits per heavy atom. The minimum absolute atomic E-state index is 0.672. The van der Waals surface area contributed by atoms with E-state index in [2.05, 4.69) is 31.1 Å². The molecule has 0 radical (unpaired) electrons. The maximum absolute atomic E-state index is 5.72. The minimum Gasteiger partial charge on any atom is -0.399 e. The molecule has 0 amide bonds. The third-order valence-corrected chi connectivity index (χ3v) is 2.79. The quantitative estimate of drug-likeness (QED) is 0.821. The molecule has 4 nitrogen and oxygen atoms in total. The zero-order valence-electron chi connectivity index (χ0n) is 8.29. The largest absolute Gasteiger partial charge is 0.399 e. The van der Waals surface area contributed by atoms with Crippen LogP contribution in [0.25, 0.3) is 11.4 Å². The molecule has 0 unspecified atom stereocenters. The number of nitrogens with zero attached hydrogens (tertiary/aromatic N) is 2. The summed E-state index contributed by atoms with van der Waals surface area (Å²) in [7, 11) is 0. The highest BCUT2D eigenvalue weighted by Gasteiger charge is 2.08. The lowest BCUT2D eigenvalue weighted by molar-refractivity contribution is 0.946. The Bertz CT molecular complexity index is 478. The van der Waals surface area contributed by atoms with Crippen molar-refractivity contribution in [2.45, 2.75) is 13.3 Å². The van der Waals surface area contributed by atoms with E-state index in [1.807, 2.05) is 25.1 Å². The van der Waals surface area contributed by atoms with Crippen molar-refractivity contribution in [1.29, 1.82) is 0 Å². The minimum atomic E-state index is 0.672. The highest BCUT2D eigenvalue weighted by molar-refractivity contribution is 9.10. The SMILES string of the molecule is CCc1nc(-c2cc(N)ccc2Br)n[nH]1. The van der Waals surface area contributed by atoms with E-state index < -0.39 is 0 Å². The first-order valence-corrected chi connectivity index (χ1v) is 5.46. The second-order valence-electron chi connectivity index (χ2n) is 3.20. The van der Waals surface area contributed by atoms with Gasteiger partial charge in [0.15, 0.2) is 5.82 Å². The molecule has 0 atom stereocenters. The van der Waals surface area contributed by atoms with Crippen LogP contribution in [0, 0.1) is 0 Å². The van der Waals surface area contributed by atoms with Crippen LogP contribution < -0.4 is 5.73 Å². The Labute approximate surface area is 96.0 Å². The highest BCUT2D eigenvalue weighted by Crippen LogP contribution is 2.27. The topological polar surface area (TPSA) is 67.6 Å². The molecule has 0 aliphatic rings. The summed E-state index contributed by atoms with van der Waals surface area (Å²) < 4.78 is 0.943. The van der Waals surface area contributed by atoms with Gasteiger partial charge in [-0.1, -0.05) is 22.9 Å². The van der Waals surface area contributed by atoms with Crippen molar-refractivity contribution < 1.29 is 0 Å². The molecular weight excluding hydrogens is 256 g/mol. The summed E-state index contributed by atoms with van der Waals surface area (Å²) in [5.74, 6) is 1.55. The van der Waals surface area contributed by atoms with Crippen molar-refractivity contribution in [3.63, 3.8) is 0 Å². The number of halogens is 1. The molecule has 0 fully saturated rings. The number of hydrogen-bond acceptors (Lipinski definition) is 3. The average Bonchev–Trinajstić information content (AvgIpc) is 2.70. The van der Waals surface area contributed by atoms with Gasteiger partial charge in [-0.25, -0.2) is 4.98 Å². The maximum atomic E-state index is 5.72. The zero-order chi connectivity index (χ0) is 10.8. The van der Waals surface area contributed by atoms with Crippen molar-refractivity contribution >= 4 is 21.6 Å². The van der Waals surface area contributed by atoms with Gasteiger partial charge in [0.05, 0.1) is 0 Å². The molecule has 0 aliphatic heterocycles. The molecule has 0 aliphatic carbocycles. The first kappa shape index (κ1) is 10.2. The van der Waals surface area contributed by atoms with Gasteiger partial charge in [0, 0.05) is 22.1 Å². The monoisotopic (exact) mass is 266 g/mol. The van der Waals surface area contributed by atoms with Crippen LogP contribution in [-0.2, 0) is 6.42 Å². The molecule has 0 bridgehead atoms. The third kappa shape index (κ3) is 2.02. The predicted molar refractivity (Wildman–Crippen MR) is 63.3 cm³/mol. The van der Waals surface area contributed by atoms with Gasteiger partial charge in [0.2, 0.25) is 0 Å². The number of rotatable bonds is 2. The fraction of sp³-hybridized carbons (Fsp3) is 0.200. The van der Waals surface area contributed by atoms with Crippen molar-refractivity contribution in [2.24, 2.45) is 0 Å². The zero-order valence-corrected chi connectivity index (χ0v) is 9.87. The van der Waals surface area contributed by atoms with Crippen molar-refractivity contribution in [2.75, 3.05) is 5.73 Å². The molecule has 1 aromatic carbocycles. The molecule has 3 N–H and O–H groups in total. The number of H-pyrrole nitrogens is 1. The summed E-state index contributed by atoms with van der Waals surface area (Å²) in [5.41, 5.74) is 7.33. The first-order chi connectivity index (χ1) is 7.20. The molecule has 1 aromatic heterocycles. The van der Waals surface area contributed by atoms with E-state index in [1.54, 1.807) is 0 Å². The molecule has 2 rings (SSSR count). The van der Waals surface area contributed by atoms with Crippen molar-refractivity contribution in [3.8, 4) is 11.4 Å². The lowest BCUT2D eigenvalue weighted by Crippen LogP contribution is -1.88. The fourth-order valence-corrected chi connectivity index (χ4v) is 1.71. The number of nitrogens with one attached hydrogen (secondary N) is 1. The van der Waals surface area contributed by atoms with Gasteiger partial charge >= 0.3 is 0 Å². The van der Waals surface area contributed by atoms with Gasteiger partial charge in [-0.3, -0.25) is 5.10 Å². The van der Waals surface area contributed by atoms with Crippen LogP contribution in [0.15, 0.2) is 22.7 Å². The molecule has 0 spiro atoms. The van der Waals surface area contributed by atoms with Crippen LogP contribution in [0.2, 0.25) is 0 Å². The van der Waals surface area contributed by atoms with E-state index >= 15 is 0 Å². The van der Waals surface area contributed by atoms with Crippen LogP contribution in [0.1, 0.15) is 12.7 Å². The molecule has 15 heavy (non-hydrogen) atoms. The number of nitrogen functional groups attached to an aromatic ring is 1. The van der Waals surface area contributed by atoms with E-state index in [4.69, 9.17) is 5.73 Å². The van der Waals surface area contributed by atoms with E-state index in [-0.39, 0.29) is 0 Å². The molecule has 1 heterocycles. The van der Waals surface area contributed by atoms with Gasteiger partial charge in [-0.15, -0.1) is 0 Å². The molecule has 0 saturated heterocycles. The number of hydrogen-bond donors (Lipinski definition) is 2. The Balaban J connectivity index is 2.48. The standard InChI is InChI=1S/C10H11BrN4/c1-2-9-13-10(15-14-9)7-5-6(12)3-4-8(7)11/h3-5H,2,12H2,1H3,(H,13,14,15). The van der Waals surface area contributed by atoms with Gasteiger partial charge in [0.25, 0.3) is 0 Å². The summed E-state index contributed by atoms with van der Waals surface area (Å²) in [5, 5.41) is 7.02. The summed E-state index contributed by atoms with van der Waals surface area (Å²) in [4.78, 5) is 4.35. The molecule has 5 heteroatoms. The molecule has 78 valence electrons. The van der Waals surface area contributed by atoms with Crippen LogP contribution in [0.4, 0.5) is 5.69 Å². The Kier molecular flexibility index (Phi) is 2.73. The third-order valence-electron chi connectivity index (χ3n) is 2.10. The lowest BCUT2D eigenvalue weighted by atomic mass is 10.2. The van der Waals surface area contributed by atoms with Gasteiger partial charge in [-0.2, -0.15) is 5.10 Å². The van der Waals surface area contributed by atoms with E-state index in [9.17, 15) is 0 Å². The molecule has 2 aromatic rings. The fourth-order valence-electron chi connectivity index (χ4n) is 1.29. The normalized spacial score (nSPS) is 10.5. The Hall–Kier alpha value is -1.36. The van der Waals surface area contributed by atoms with Crippen LogP contribution in [0.5, 0.6) is 0 Å². The number of aromatic amines is 1. The number of aryl methyl sites for hydroxylation is 1.